The first-order valence-corrected chi connectivity index (χ1v) is 9.69. The van der Waals surface area contributed by atoms with Crippen LogP contribution in [0.2, 0.25) is 0 Å². The molecule has 0 N–H and O–H groups in total. The molecular weight excluding hydrogens is 296 g/mol. The maximum atomic E-state index is 5.97. The van der Waals surface area contributed by atoms with Crippen LogP contribution in [0.25, 0.3) is 0 Å². The van der Waals surface area contributed by atoms with Crippen LogP contribution in [-0.4, -0.2) is 25.4 Å². The van der Waals surface area contributed by atoms with Crippen molar-refractivity contribution in [1.82, 2.24) is 0 Å². The highest BCUT2D eigenvalue weighted by molar-refractivity contribution is 5.43. The summed E-state index contributed by atoms with van der Waals surface area (Å²) < 4.78 is 11.6. The Hall–Kier alpha value is -0.860. The molecule has 1 saturated heterocycles. The molecule has 2 fully saturated rings. The van der Waals surface area contributed by atoms with Gasteiger partial charge < -0.3 is 9.47 Å². The van der Waals surface area contributed by atoms with Gasteiger partial charge in [-0.25, -0.2) is 0 Å². The Morgan fingerprint density at radius 3 is 2.79 bits per heavy atom. The molecule has 1 aliphatic heterocycles. The zero-order valence-corrected chi connectivity index (χ0v) is 15.7. The third-order valence-corrected chi connectivity index (χ3v) is 7.95. The summed E-state index contributed by atoms with van der Waals surface area (Å²) in [6.45, 7) is 8.31. The summed E-state index contributed by atoms with van der Waals surface area (Å²) in [5.41, 5.74) is 3.79. The Bertz CT molecular complexity index is 609. The Kier molecular flexibility index (Phi) is 3.85. The molecule has 2 nitrogen and oxygen atoms in total. The quantitative estimate of drug-likeness (QED) is 0.524. The molecule has 1 saturated carbocycles. The Labute approximate surface area is 147 Å². The predicted molar refractivity (Wildman–Crippen MR) is 97.9 cm³/mol. The van der Waals surface area contributed by atoms with E-state index in [0.717, 1.165) is 31.8 Å². The summed E-state index contributed by atoms with van der Waals surface area (Å²) in [6, 6.07) is 0. The van der Waals surface area contributed by atoms with Gasteiger partial charge in [-0.05, 0) is 50.0 Å². The van der Waals surface area contributed by atoms with Gasteiger partial charge in [0.1, 0.15) is 0 Å². The van der Waals surface area contributed by atoms with E-state index in [4.69, 9.17) is 9.47 Å². The third-order valence-electron chi connectivity index (χ3n) is 7.95. The molecule has 0 aromatic rings. The number of hydrogen-bond donors (Lipinski definition) is 0. The van der Waals surface area contributed by atoms with E-state index in [1.807, 2.05) is 7.11 Å². The summed E-state index contributed by atoms with van der Waals surface area (Å²) in [4.78, 5) is 0. The molecule has 5 atom stereocenters. The van der Waals surface area contributed by atoms with E-state index < -0.39 is 0 Å². The SMILES string of the molecule is COC1C=C2C=CC/C(=C\CC3(C)C(C)CCC34CO4)C2(C)CC1. The fraction of sp³-hybridized carbons (Fsp3) is 0.727. The van der Waals surface area contributed by atoms with Gasteiger partial charge in [-0.2, -0.15) is 0 Å². The van der Waals surface area contributed by atoms with Crippen LogP contribution in [0, 0.1) is 16.7 Å². The van der Waals surface area contributed by atoms with E-state index in [-0.39, 0.29) is 17.1 Å². The normalized spacial score (nSPS) is 48.7. The lowest BCUT2D eigenvalue weighted by atomic mass is 9.63. The van der Waals surface area contributed by atoms with Crippen molar-refractivity contribution in [3.8, 4) is 0 Å². The Morgan fingerprint density at radius 1 is 1.29 bits per heavy atom. The van der Waals surface area contributed by atoms with Gasteiger partial charge in [0.05, 0.1) is 18.3 Å². The zero-order valence-electron chi connectivity index (χ0n) is 15.7. The highest BCUT2D eigenvalue weighted by Crippen LogP contribution is 2.61. The van der Waals surface area contributed by atoms with Crippen molar-refractivity contribution in [3.05, 3.63) is 35.5 Å². The summed E-state index contributed by atoms with van der Waals surface area (Å²) in [5.74, 6) is 0.753. The van der Waals surface area contributed by atoms with Crippen molar-refractivity contribution in [2.24, 2.45) is 16.7 Å². The molecule has 0 aromatic carbocycles. The lowest BCUT2D eigenvalue weighted by Crippen LogP contribution is -2.35. The van der Waals surface area contributed by atoms with Crippen LogP contribution in [-0.2, 0) is 9.47 Å². The number of epoxide rings is 1. The highest BCUT2D eigenvalue weighted by atomic mass is 16.6. The first-order valence-electron chi connectivity index (χ1n) is 9.69. The molecule has 4 rings (SSSR count). The zero-order chi connectivity index (χ0) is 17.0. The molecule has 3 aliphatic carbocycles. The van der Waals surface area contributed by atoms with Crippen LogP contribution in [0.1, 0.15) is 59.3 Å². The summed E-state index contributed by atoms with van der Waals surface area (Å²) in [5, 5.41) is 0. The molecule has 5 unspecified atom stereocenters. The summed E-state index contributed by atoms with van der Waals surface area (Å²) in [6.07, 6.45) is 17.0. The molecular formula is C22H32O2. The maximum Gasteiger partial charge on any atom is 0.0975 e. The van der Waals surface area contributed by atoms with Gasteiger partial charge in [-0.3, -0.25) is 0 Å². The van der Waals surface area contributed by atoms with Crippen molar-refractivity contribution < 1.29 is 9.47 Å². The van der Waals surface area contributed by atoms with E-state index in [1.54, 1.807) is 5.57 Å². The first-order chi connectivity index (χ1) is 11.4. The van der Waals surface area contributed by atoms with Crippen LogP contribution < -0.4 is 0 Å². The van der Waals surface area contributed by atoms with Gasteiger partial charge in [0.2, 0.25) is 0 Å². The maximum absolute atomic E-state index is 5.97. The minimum absolute atomic E-state index is 0.196. The van der Waals surface area contributed by atoms with Crippen molar-refractivity contribution in [1.29, 1.82) is 0 Å². The minimum atomic E-state index is 0.196. The summed E-state index contributed by atoms with van der Waals surface area (Å²) in [7, 11) is 1.82. The molecule has 1 spiro atoms. The molecule has 0 aromatic heterocycles. The van der Waals surface area contributed by atoms with Crippen LogP contribution >= 0.6 is 0 Å². The molecule has 24 heavy (non-hydrogen) atoms. The molecule has 4 aliphatic rings. The van der Waals surface area contributed by atoms with Crippen molar-refractivity contribution in [2.45, 2.75) is 71.0 Å². The van der Waals surface area contributed by atoms with Gasteiger partial charge in [-0.15, -0.1) is 0 Å². The second-order valence-electron chi connectivity index (χ2n) is 8.95. The number of allylic oxidation sites excluding steroid dienone is 5. The van der Waals surface area contributed by atoms with E-state index in [1.165, 1.54) is 24.8 Å². The minimum Gasteiger partial charge on any atom is -0.377 e. The molecule has 1 heterocycles. The van der Waals surface area contributed by atoms with E-state index in [2.05, 4.69) is 45.1 Å². The van der Waals surface area contributed by atoms with E-state index >= 15 is 0 Å². The lowest BCUT2D eigenvalue weighted by molar-refractivity contribution is 0.112. The van der Waals surface area contributed by atoms with Crippen LogP contribution in [0.15, 0.2) is 35.5 Å². The standard InChI is InChI=1S/C22H32O2/c1-16-8-13-22(15-24-22)21(16,3)12-9-17-6-5-7-18-14-19(23-4)10-11-20(17,18)2/h5,7,9,14,16,19H,6,8,10-13,15H2,1-4H3/b17-9+. The fourth-order valence-corrected chi connectivity index (χ4v) is 5.45. The van der Waals surface area contributed by atoms with Gasteiger partial charge >= 0.3 is 0 Å². The molecule has 2 heteroatoms. The monoisotopic (exact) mass is 328 g/mol. The number of ether oxygens (including phenoxy) is 2. The third kappa shape index (κ3) is 2.29. The molecule has 0 bridgehead atoms. The molecule has 132 valence electrons. The number of rotatable bonds is 3. The van der Waals surface area contributed by atoms with Crippen LogP contribution in [0.3, 0.4) is 0 Å². The second-order valence-corrected chi connectivity index (χ2v) is 8.95. The smallest absolute Gasteiger partial charge is 0.0975 e. The van der Waals surface area contributed by atoms with Crippen molar-refractivity contribution >= 4 is 0 Å². The summed E-state index contributed by atoms with van der Waals surface area (Å²) >= 11 is 0. The lowest BCUT2D eigenvalue weighted by Gasteiger charge is -2.42. The van der Waals surface area contributed by atoms with Gasteiger partial charge in [-0.1, -0.05) is 50.6 Å². The largest absolute Gasteiger partial charge is 0.377 e. The van der Waals surface area contributed by atoms with Gasteiger partial charge in [0, 0.05) is 17.9 Å². The number of methoxy groups -OCH3 is 1. The number of hydrogen-bond acceptors (Lipinski definition) is 2. The second kappa shape index (κ2) is 5.57. The molecule has 0 radical (unpaired) electrons. The van der Waals surface area contributed by atoms with Crippen LogP contribution in [0.5, 0.6) is 0 Å². The molecule has 0 amide bonds. The topological polar surface area (TPSA) is 21.8 Å². The van der Waals surface area contributed by atoms with Gasteiger partial charge in [0.15, 0.2) is 0 Å². The van der Waals surface area contributed by atoms with E-state index in [9.17, 15) is 0 Å². The van der Waals surface area contributed by atoms with Crippen molar-refractivity contribution in [3.63, 3.8) is 0 Å². The average molecular weight is 328 g/mol. The fourth-order valence-electron chi connectivity index (χ4n) is 5.45. The highest BCUT2D eigenvalue weighted by Gasteiger charge is 2.63. The van der Waals surface area contributed by atoms with Gasteiger partial charge in [0.25, 0.3) is 0 Å². The number of fused-ring (bicyclic) bond motifs is 1. The van der Waals surface area contributed by atoms with Crippen LogP contribution in [0.4, 0.5) is 0 Å². The average Bonchev–Trinajstić information content (AvgIpc) is 3.34. The van der Waals surface area contributed by atoms with Crippen molar-refractivity contribution in [2.75, 3.05) is 13.7 Å². The van der Waals surface area contributed by atoms with E-state index in [0.29, 0.717) is 5.41 Å². The Morgan fingerprint density at radius 2 is 2.08 bits per heavy atom. The Balaban J connectivity index is 1.60. The first kappa shape index (κ1) is 16.6. The predicted octanol–water partition coefficient (Wildman–Crippen LogP) is 5.21.